The van der Waals surface area contributed by atoms with Gasteiger partial charge in [-0.1, -0.05) is 50.1 Å². The summed E-state index contributed by atoms with van der Waals surface area (Å²) in [6.45, 7) is 0. The summed E-state index contributed by atoms with van der Waals surface area (Å²) < 4.78 is 61.1. The third kappa shape index (κ3) is 4.26. The Kier molecular flexibility index (Phi) is 5.78. The molecule has 0 atom stereocenters. The summed E-state index contributed by atoms with van der Waals surface area (Å²) in [5, 5.41) is 0. The summed E-state index contributed by atoms with van der Waals surface area (Å²) in [7, 11) is 0. The lowest BCUT2D eigenvalue weighted by Crippen LogP contribution is -2.17. The molecule has 0 N–H and O–H groups in total. The molecule has 0 aromatic heterocycles. The molecule has 1 heterocycles. The Bertz CT molecular complexity index is 1300. The molecule has 0 saturated carbocycles. The first-order valence-electron chi connectivity index (χ1n) is 10.2. The van der Waals surface area contributed by atoms with Crippen molar-refractivity contribution in [1.29, 1.82) is 0 Å². The number of ether oxygens (including phenoxy) is 1. The van der Waals surface area contributed by atoms with Gasteiger partial charge in [0.2, 0.25) is 0 Å². The van der Waals surface area contributed by atoms with E-state index in [-0.39, 0.29) is 0 Å². The van der Waals surface area contributed by atoms with Crippen LogP contribution in [0.15, 0.2) is 99.9 Å². The van der Waals surface area contributed by atoms with E-state index >= 15 is 0 Å². The van der Waals surface area contributed by atoms with Gasteiger partial charge in [0.15, 0.2) is 0 Å². The first kappa shape index (κ1) is 23.1. The normalized spacial score (nSPS) is 15.7. The molecule has 34 heavy (non-hydrogen) atoms. The van der Waals surface area contributed by atoms with E-state index in [2.05, 4.69) is 36.6 Å². The molecule has 1 aliphatic rings. The Balaban J connectivity index is 1.53. The van der Waals surface area contributed by atoms with Crippen LogP contribution in [0.2, 0.25) is 0 Å². The van der Waals surface area contributed by atoms with Crippen LogP contribution in [-0.4, -0.2) is 0 Å². The van der Waals surface area contributed by atoms with Crippen LogP contribution in [0.3, 0.4) is 0 Å². The van der Waals surface area contributed by atoms with E-state index in [9.17, 15) is 17.6 Å². The molecule has 4 aromatic rings. The monoisotopic (exact) mass is 591 g/mol. The van der Waals surface area contributed by atoms with Crippen molar-refractivity contribution >= 4 is 48.9 Å². The number of anilines is 3. The predicted octanol–water partition coefficient (Wildman–Crippen LogP) is 9.48. The van der Waals surface area contributed by atoms with Crippen molar-refractivity contribution in [2.24, 2.45) is 0 Å². The summed E-state index contributed by atoms with van der Waals surface area (Å²) in [4.78, 5) is 2.05. The Morgan fingerprint density at radius 1 is 0.529 bits per heavy atom. The second-order valence-corrected chi connectivity index (χ2v) is 9.56. The van der Waals surface area contributed by atoms with Crippen molar-refractivity contribution in [2.45, 2.75) is 12.2 Å². The smallest absolute Gasteiger partial charge is 0.311 e. The summed E-state index contributed by atoms with van der Waals surface area (Å²) in [6.07, 6.45) is -8.06. The van der Waals surface area contributed by atoms with E-state index in [1.807, 2.05) is 65.6 Å². The molecule has 0 unspecified atom stereocenters. The van der Waals surface area contributed by atoms with Gasteiger partial charge < -0.3 is 4.90 Å². The molecule has 8 heteroatoms. The number of fused-ring (bicyclic) bond motifs is 1. The molecule has 172 valence electrons. The summed E-state index contributed by atoms with van der Waals surface area (Å²) in [5.74, 6) is 0. The van der Waals surface area contributed by atoms with Gasteiger partial charge in [-0.25, -0.2) is 4.74 Å². The second-order valence-electron chi connectivity index (χ2n) is 7.73. The van der Waals surface area contributed by atoms with E-state index in [1.54, 1.807) is 12.1 Å². The Labute approximate surface area is 210 Å². The molecule has 0 fully saturated rings. The van der Waals surface area contributed by atoms with Crippen molar-refractivity contribution in [3.8, 4) is 11.1 Å². The lowest BCUT2D eigenvalue weighted by atomic mass is 9.99. The highest BCUT2D eigenvalue weighted by Crippen LogP contribution is 2.51. The topological polar surface area (TPSA) is 12.5 Å². The van der Waals surface area contributed by atoms with Gasteiger partial charge in [-0.3, -0.25) is 0 Å². The lowest BCUT2D eigenvalue weighted by molar-refractivity contribution is -0.369. The van der Waals surface area contributed by atoms with Crippen molar-refractivity contribution in [2.75, 3.05) is 4.90 Å². The lowest BCUT2D eigenvalue weighted by Gasteiger charge is -2.26. The van der Waals surface area contributed by atoms with Gasteiger partial charge >= 0.3 is 12.2 Å². The minimum atomic E-state index is -4.05. The van der Waals surface area contributed by atoms with E-state index in [4.69, 9.17) is 0 Å². The van der Waals surface area contributed by atoms with Crippen LogP contribution in [0.5, 0.6) is 0 Å². The molecule has 1 aliphatic heterocycles. The largest absolute Gasteiger partial charge is 0.388 e. The number of benzene rings is 4. The fourth-order valence-corrected chi connectivity index (χ4v) is 4.45. The third-order valence-electron chi connectivity index (χ3n) is 5.53. The summed E-state index contributed by atoms with van der Waals surface area (Å²) in [5.41, 5.74) is 2.08. The highest BCUT2D eigenvalue weighted by atomic mass is 79.9. The Morgan fingerprint density at radius 3 is 1.44 bits per heavy atom. The molecule has 0 bridgehead atoms. The van der Waals surface area contributed by atoms with Gasteiger partial charge in [0.05, 0.1) is 11.1 Å². The number of hydrogen-bond donors (Lipinski definition) is 0. The number of nitrogens with zero attached hydrogens (tertiary/aromatic N) is 1. The highest BCUT2D eigenvalue weighted by molar-refractivity contribution is 9.10. The Hall–Kier alpha value is -2.68. The average molecular weight is 593 g/mol. The van der Waals surface area contributed by atoms with Gasteiger partial charge in [0, 0.05) is 26.0 Å². The van der Waals surface area contributed by atoms with E-state index in [1.165, 1.54) is 6.07 Å². The predicted molar refractivity (Wildman–Crippen MR) is 131 cm³/mol. The standard InChI is InChI=1S/C26H15Br2F4NO/c27-18-4-10-21(11-5-18)33(22-12-6-19(28)7-13-22)20-8-1-16(2-9-20)17-3-14-23-24(15-17)26(31,32)34-25(23,29)30/h1-15H. The maximum absolute atomic E-state index is 14.0. The van der Waals surface area contributed by atoms with E-state index in [0.717, 1.165) is 38.1 Å². The van der Waals surface area contributed by atoms with Gasteiger partial charge in [0.25, 0.3) is 0 Å². The summed E-state index contributed by atoms with van der Waals surface area (Å²) in [6, 6.07) is 26.4. The van der Waals surface area contributed by atoms with Crippen LogP contribution >= 0.6 is 31.9 Å². The molecule has 2 nitrogen and oxygen atoms in total. The maximum Gasteiger partial charge on any atom is 0.388 e. The molecule has 0 amide bonds. The van der Waals surface area contributed by atoms with Crippen LogP contribution in [0.1, 0.15) is 11.1 Å². The van der Waals surface area contributed by atoms with Crippen LogP contribution in [0.4, 0.5) is 34.6 Å². The highest BCUT2D eigenvalue weighted by Gasteiger charge is 2.57. The molecule has 5 rings (SSSR count). The molecule has 4 aromatic carbocycles. The van der Waals surface area contributed by atoms with Gasteiger partial charge in [-0.15, -0.1) is 0 Å². The van der Waals surface area contributed by atoms with Crippen LogP contribution in [0.25, 0.3) is 11.1 Å². The van der Waals surface area contributed by atoms with Crippen LogP contribution in [0, 0.1) is 0 Å². The minimum Gasteiger partial charge on any atom is -0.311 e. The minimum absolute atomic E-state index is 0.394. The number of halogens is 6. The zero-order chi connectivity index (χ0) is 24.1. The van der Waals surface area contributed by atoms with Crippen LogP contribution in [-0.2, 0) is 17.0 Å². The average Bonchev–Trinajstić information content (AvgIpc) is 3.00. The van der Waals surface area contributed by atoms with Crippen molar-refractivity contribution < 1.29 is 22.3 Å². The molecular weight excluding hydrogens is 578 g/mol. The molecule has 0 radical (unpaired) electrons. The fraction of sp³-hybridized carbons (Fsp3) is 0.0769. The quantitative estimate of drug-likeness (QED) is 0.219. The first-order chi connectivity index (χ1) is 16.1. The number of hydrogen-bond acceptors (Lipinski definition) is 2. The summed E-state index contributed by atoms with van der Waals surface area (Å²) >= 11 is 6.91. The molecule has 0 aliphatic carbocycles. The van der Waals surface area contributed by atoms with E-state index < -0.39 is 23.3 Å². The fourth-order valence-electron chi connectivity index (χ4n) is 3.92. The van der Waals surface area contributed by atoms with Crippen molar-refractivity contribution in [3.63, 3.8) is 0 Å². The SMILES string of the molecule is FC1(F)OC(F)(F)c2cc(-c3ccc(N(c4ccc(Br)cc4)c4ccc(Br)cc4)cc3)ccc21. The van der Waals surface area contributed by atoms with Crippen molar-refractivity contribution in [3.05, 3.63) is 111 Å². The second kappa shape index (κ2) is 8.52. The number of rotatable bonds is 4. The Morgan fingerprint density at radius 2 is 0.941 bits per heavy atom. The number of alkyl halides is 4. The third-order valence-corrected chi connectivity index (χ3v) is 6.59. The van der Waals surface area contributed by atoms with Gasteiger partial charge in [-0.05, 0) is 83.9 Å². The molecule has 0 spiro atoms. The van der Waals surface area contributed by atoms with Crippen molar-refractivity contribution in [1.82, 2.24) is 0 Å². The zero-order valence-electron chi connectivity index (χ0n) is 17.3. The van der Waals surface area contributed by atoms with E-state index in [0.29, 0.717) is 11.1 Å². The van der Waals surface area contributed by atoms with Gasteiger partial charge in [0.1, 0.15) is 0 Å². The zero-order valence-corrected chi connectivity index (χ0v) is 20.5. The first-order valence-corrected chi connectivity index (χ1v) is 11.8. The molecule has 0 saturated heterocycles. The van der Waals surface area contributed by atoms with Crippen LogP contribution < -0.4 is 4.90 Å². The maximum atomic E-state index is 14.0. The van der Waals surface area contributed by atoms with Gasteiger partial charge in [-0.2, -0.15) is 17.6 Å². The molecular formula is C26H15Br2F4NO.